The van der Waals surface area contributed by atoms with Gasteiger partial charge < -0.3 is 10.3 Å². The third kappa shape index (κ3) is 3.35. The van der Waals surface area contributed by atoms with Crippen LogP contribution in [0.15, 0.2) is 48.7 Å². The molecule has 0 atom stereocenters. The van der Waals surface area contributed by atoms with Crippen molar-refractivity contribution in [3.63, 3.8) is 0 Å². The van der Waals surface area contributed by atoms with Gasteiger partial charge in [0.15, 0.2) is 5.82 Å². The van der Waals surface area contributed by atoms with Crippen molar-refractivity contribution in [2.24, 2.45) is 5.84 Å². The van der Waals surface area contributed by atoms with Crippen molar-refractivity contribution in [3.05, 3.63) is 54.2 Å². The second kappa shape index (κ2) is 7.03. The van der Waals surface area contributed by atoms with Crippen molar-refractivity contribution in [1.29, 1.82) is 5.26 Å². The molecule has 6 heteroatoms. The fourth-order valence-corrected chi connectivity index (χ4v) is 1.96. The van der Waals surface area contributed by atoms with Gasteiger partial charge in [-0.25, -0.2) is 10.8 Å². The van der Waals surface area contributed by atoms with Gasteiger partial charge >= 0.3 is 0 Å². The first-order chi connectivity index (χ1) is 10.3. The van der Waals surface area contributed by atoms with E-state index in [9.17, 15) is 4.79 Å². The van der Waals surface area contributed by atoms with Crippen molar-refractivity contribution in [3.8, 4) is 6.07 Å². The van der Waals surface area contributed by atoms with E-state index in [1.165, 1.54) is 0 Å². The zero-order chi connectivity index (χ0) is 15.1. The Bertz CT molecular complexity index is 651. The number of hydrogen-bond donors (Lipinski definition) is 2. The number of carbonyl (C=O) groups is 1. The maximum atomic E-state index is 12.7. The summed E-state index contributed by atoms with van der Waals surface area (Å²) in [7, 11) is 0. The van der Waals surface area contributed by atoms with Gasteiger partial charge in [0.25, 0.3) is 5.91 Å². The highest BCUT2D eigenvalue weighted by Gasteiger charge is 2.20. The van der Waals surface area contributed by atoms with E-state index in [1.807, 2.05) is 30.3 Å². The third-order valence-electron chi connectivity index (χ3n) is 2.94. The molecule has 106 valence electrons. The molecular weight excluding hydrogens is 266 g/mol. The van der Waals surface area contributed by atoms with Crippen LogP contribution >= 0.6 is 0 Å². The lowest BCUT2D eigenvalue weighted by Gasteiger charge is -2.22. The number of nitriles is 1. The van der Waals surface area contributed by atoms with E-state index >= 15 is 0 Å². The summed E-state index contributed by atoms with van der Waals surface area (Å²) in [6, 6.07) is 14.6. The molecule has 21 heavy (non-hydrogen) atoms. The second-order valence-corrected chi connectivity index (χ2v) is 4.24. The van der Waals surface area contributed by atoms with Gasteiger partial charge in [-0.2, -0.15) is 5.26 Å². The number of para-hydroxylation sites is 1. The molecule has 0 unspecified atom stereocenters. The van der Waals surface area contributed by atoms with Crippen LogP contribution in [0.25, 0.3) is 0 Å². The molecule has 0 saturated carbocycles. The summed E-state index contributed by atoms with van der Waals surface area (Å²) < 4.78 is 0. The molecule has 3 N–H and O–H groups in total. The minimum absolute atomic E-state index is 0.242. The molecule has 0 fully saturated rings. The first-order valence-corrected chi connectivity index (χ1v) is 6.43. The Morgan fingerprint density at radius 1 is 1.29 bits per heavy atom. The lowest BCUT2D eigenvalue weighted by Crippen LogP contribution is -2.32. The van der Waals surface area contributed by atoms with Crippen LogP contribution in [0.4, 0.5) is 11.5 Å². The van der Waals surface area contributed by atoms with E-state index in [1.54, 1.807) is 23.2 Å². The van der Waals surface area contributed by atoms with Gasteiger partial charge in [0.2, 0.25) is 0 Å². The van der Waals surface area contributed by atoms with Gasteiger partial charge in [-0.15, -0.1) is 0 Å². The third-order valence-corrected chi connectivity index (χ3v) is 2.94. The number of pyridine rings is 1. The van der Waals surface area contributed by atoms with Crippen LogP contribution in [-0.4, -0.2) is 17.4 Å². The van der Waals surface area contributed by atoms with Crippen LogP contribution in [0.5, 0.6) is 0 Å². The second-order valence-electron chi connectivity index (χ2n) is 4.24. The predicted octanol–water partition coefficient (Wildman–Crippen LogP) is 1.93. The van der Waals surface area contributed by atoms with Crippen LogP contribution in [0, 0.1) is 11.3 Å². The molecule has 1 heterocycles. The zero-order valence-electron chi connectivity index (χ0n) is 11.4. The number of benzene rings is 1. The van der Waals surface area contributed by atoms with Crippen LogP contribution in [0.2, 0.25) is 0 Å². The number of aromatic nitrogens is 1. The maximum absolute atomic E-state index is 12.7. The fraction of sp³-hybridized carbons (Fsp3) is 0.133. The normalized spacial score (nSPS) is 9.71. The molecule has 6 nitrogen and oxygen atoms in total. The lowest BCUT2D eigenvalue weighted by molar-refractivity contribution is 0.0988. The molecule has 0 spiro atoms. The lowest BCUT2D eigenvalue weighted by atomic mass is 10.2. The van der Waals surface area contributed by atoms with E-state index in [0.717, 1.165) is 5.69 Å². The average Bonchev–Trinajstić information content (AvgIpc) is 2.56. The Morgan fingerprint density at radius 3 is 2.71 bits per heavy atom. The number of anilines is 2. The largest absolute Gasteiger partial charge is 0.308 e. The Labute approximate surface area is 122 Å². The number of nitrogen functional groups attached to an aromatic ring is 1. The summed E-state index contributed by atoms with van der Waals surface area (Å²) in [6.45, 7) is 0.304. The van der Waals surface area contributed by atoms with E-state index < -0.39 is 0 Å². The van der Waals surface area contributed by atoms with Gasteiger partial charge in [-0.1, -0.05) is 18.2 Å². The molecule has 0 saturated heterocycles. The first kappa shape index (κ1) is 14.5. The van der Waals surface area contributed by atoms with E-state index in [0.29, 0.717) is 17.9 Å². The Hall–Kier alpha value is -2.91. The number of hydrogen-bond acceptors (Lipinski definition) is 5. The SMILES string of the molecule is N#CCCN(C(=O)c1cccnc1NN)c1ccccc1. The smallest absolute Gasteiger partial charge is 0.262 e. The van der Waals surface area contributed by atoms with Crippen molar-refractivity contribution in [1.82, 2.24) is 4.98 Å². The topological polar surface area (TPSA) is 95.0 Å². The summed E-state index contributed by atoms with van der Waals surface area (Å²) >= 11 is 0. The van der Waals surface area contributed by atoms with E-state index in [4.69, 9.17) is 11.1 Å². The highest BCUT2D eigenvalue weighted by molar-refractivity contribution is 6.09. The van der Waals surface area contributed by atoms with E-state index in [2.05, 4.69) is 16.5 Å². The number of rotatable bonds is 5. The van der Waals surface area contributed by atoms with Crippen molar-refractivity contribution >= 4 is 17.4 Å². The van der Waals surface area contributed by atoms with Crippen LogP contribution in [0.3, 0.4) is 0 Å². The molecule has 1 amide bonds. The van der Waals surface area contributed by atoms with Gasteiger partial charge in [-0.05, 0) is 24.3 Å². The minimum Gasteiger partial charge on any atom is -0.308 e. The number of hydrazine groups is 1. The minimum atomic E-state index is -0.252. The first-order valence-electron chi connectivity index (χ1n) is 6.43. The number of amides is 1. The summed E-state index contributed by atoms with van der Waals surface area (Å²) in [4.78, 5) is 18.3. The van der Waals surface area contributed by atoms with Crippen LogP contribution in [-0.2, 0) is 0 Å². The van der Waals surface area contributed by atoms with Crippen LogP contribution < -0.4 is 16.2 Å². The highest BCUT2D eigenvalue weighted by atomic mass is 16.2. The molecule has 0 aliphatic carbocycles. The van der Waals surface area contributed by atoms with Gasteiger partial charge in [-0.3, -0.25) is 4.79 Å². The molecule has 0 aliphatic rings. The van der Waals surface area contributed by atoms with Crippen molar-refractivity contribution in [2.45, 2.75) is 6.42 Å². The Balaban J connectivity index is 2.37. The fourth-order valence-electron chi connectivity index (χ4n) is 1.96. The molecule has 1 aromatic heterocycles. The van der Waals surface area contributed by atoms with Gasteiger partial charge in [0.1, 0.15) is 0 Å². The number of nitrogens with zero attached hydrogens (tertiary/aromatic N) is 3. The monoisotopic (exact) mass is 281 g/mol. The van der Waals surface area contributed by atoms with Gasteiger partial charge in [0.05, 0.1) is 18.1 Å². The highest BCUT2D eigenvalue weighted by Crippen LogP contribution is 2.20. The molecule has 0 radical (unpaired) electrons. The molecule has 2 rings (SSSR count). The summed E-state index contributed by atoms with van der Waals surface area (Å²) in [5, 5.41) is 8.78. The molecular formula is C15H15N5O. The Kier molecular flexibility index (Phi) is 4.85. The molecule has 1 aromatic carbocycles. The quantitative estimate of drug-likeness (QED) is 0.645. The summed E-state index contributed by atoms with van der Waals surface area (Å²) in [6.07, 6.45) is 1.79. The summed E-state index contributed by atoms with van der Waals surface area (Å²) in [5.41, 5.74) is 3.50. The number of nitrogens with two attached hydrogens (primary N) is 1. The summed E-state index contributed by atoms with van der Waals surface area (Å²) in [5.74, 6) is 5.45. The van der Waals surface area contributed by atoms with Crippen LogP contribution in [0.1, 0.15) is 16.8 Å². The molecule has 0 bridgehead atoms. The molecule has 0 aliphatic heterocycles. The Morgan fingerprint density at radius 2 is 2.05 bits per heavy atom. The van der Waals surface area contributed by atoms with E-state index in [-0.39, 0.29) is 12.3 Å². The van der Waals surface area contributed by atoms with Gasteiger partial charge in [0, 0.05) is 18.4 Å². The van der Waals surface area contributed by atoms with Crippen molar-refractivity contribution < 1.29 is 4.79 Å². The van der Waals surface area contributed by atoms with Crippen molar-refractivity contribution in [2.75, 3.05) is 16.9 Å². The zero-order valence-corrected chi connectivity index (χ0v) is 11.4. The average molecular weight is 281 g/mol. The standard InChI is InChI=1S/C15H15N5O/c16-9-5-11-20(12-6-2-1-3-7-12)15(21)13-8-4-10-18-14(13)19-17/h1-4,6-8,10H,5,11,17H2,(H,18,19). The predicted molar refractivity (Wildman–Crippen MR) is 80.4 cm³/mol. The maximum Gasteiger partial charge on any atom is 0.262 e. The number of nitrogens with one attached hydrogen (secondary N) is 1. The molecule has 2 aromatic rings. The number of carbonyl (C=O) groups excluding carboxylic acids is 1.